The van der Waals surface area contributed by atoms with Crippen LogP contribution in [0, 0.1) is 5.82 Å². The van der Waals surface area contributed by atoms with Crippen molar-refractivity contribution in [2.24, 2.45) is 4.99 Å². The number of hydrogen-bond acceptors (Lipinski definition) is 4. The SMILES string of the molecule is O=C(Cn1c(O)c(/C=C2/C=Nc3ccccc32)[nH]c1=O)Nc1ccc(F)cc1. The number of aliphatic imine (C=N–C) groups is 1. The summed E-state index contributed by atoms with van der Waals surface area (Å²) in [5.74, 6) is -1.31. The van der Waals surface area contributed by atoms with E-state index in [0.717, 1.165) is 21.4 Å². The number of para-hydroxylation sites is 1. The van der Waals surface area contributed by atoms with Gasteiger partial charge in [0.2, 0.25) is 11.8 Å². The van der Waals surface area contributed by atoms with Crippen molar-refractivity contribution in [1.29, 1.82) is 0 Å². The summed E-state index contributed by atoms with van der Waals surface area (Å²) in [6.07, 6.45) is 3.24. The minimum Gasteiger partial charge on any atom is -0.493 e. The molecule has 3 N–H and O–H groups in total. The lowest BCUT2D eigenvalue weighted by Gasteiger charge is -2.06. The summed E-state index contributed by atoms with van der Waals surface area (Å²) < 4.78 is 13.8. The van der Waals surface area contributed by atoms with Gasteiger partial charge >= 0.3 is 5.69 Å². The Morgan fingerprint density at radius 1 is 1.21 bits per heavy atom. The average Bonchev–Trinajstić information content (AvgIpc) is 3.20. The fourth-order valence-corrected chi connectivity index (χ4v) is 2.91. The highest BCUT2D eigenvalue weighted by Crippen LogP contribution is 2.32. The molecular formula is C20H15FN4O3. The van der Waals surface area contributed by atoms with Crippen LogP contribution in [0.1, 0.15) is 11.3 Å². The Bertz CT molecular complexity index is 1170. The summed E-state index contributed by atoms with van der Waals surface area (Å²) >= 11 is 0. The molecule has 1 aliphatic heterocycles. The predicted octanol–water partition coefficient (Wildman–Crippen LogP) is 2.92. The Kier molecular flexibility index (Phi) is 4.36. The number of hydrogen-bond donors (Lipinski definition) is 3. The third-order valence-corrected chi connectivity index (χ3v) is 4.27. The van der Waals surface area contributed by atoms with E-state index >= 15 is 0 Å². The summed E-state index contributed by atoms with van der Waals surface area (Å²) in [6.45, 7) is -0.396. The molecule has 1 aliphatic rings. The summed E-state index contributed by atoms with van der Waals surface area (Å²) in [5, 5.41) is 12.9. The highest BCUT2D eigenvalue weighted by molar-refractivity contribution is 6.21. The summed E-state index contributed by atoms with van der Waals surface area (Å²) in [7, 11) is 0. The number of allylic oxidation sites excluding steroid dienone is 1. The minimum atomic E-state index is -0.623. The highest BCUT2D eigenvalue weighted by Gasteiger charge is 2.17. The molecule has 0 bridgehead atoms. The van der Waals surface area contributed by atoms with E-state index in [1.165, 1.54) is 24.3 Å². The van der Waals surface area contributed by atoms with E-state index in [1.54, 1.807) is 12.3 Å². The Labute approximate surface area is 158 Å². The van der Waals surface area contributed by atoms with Crippen LogP contribution in [0.15, 0.2) is 58.3 Å². The second kappa shape index (κ2) is 6.99. The summed E-state index contributed by atoms with van der Waals surface area (Å²) in [6, 6.07) is 12.7. The van der Waals surface area contributed by atoms with Crippen LogP contribution in [0.2, 0.25) is 0 Å². The van der Waals surface area contributed by atoms with Gasteiger partial charge in [-0.1, -0.05) is 18.2 Å². The van der Waals surface area contributed by atoms with Crippen LogP contribution in [-0.4, -0.2) is 26.8 Å². The van der Waals surface area contributed by atoms with E-state index in [0.29, 0.717) is 5.69 Å². The first kappa shape index (κ1) is 17.5. The second-order valence-corrected chi connectivity index (χ2v) is 6.18. The first-order chi connectivity index (χ1) is 13.5. The van der Waals surface area contributed by atoms with E-state index in [9.17, 15) is 19.1 Å². The standard InChI is InChI=1S/C20H15FN4O3/c21-13-5-7-14(8-6-13)23-18(26)11-25-19(27)17(24-20(25)28)9-12-10-22-16-4-2-1-3-15(12)16/h1-10,27H,11H2,(H,23,26)(H,24,28)/b12-9-. The number of imidazole rings is 1. The third kappa shape index (κ3) is 3.35. The molecule has 8 heteroatoms. The number of H-pyrrole nitrogens is 1. The van der Waals surface area contributed by atoms with E-state index in [-0.39, 0.29) is 11.6 Å². The lowest BCUT2D eigenvalue weighted by molar-refractivity contribution is -0.116. The number of amides is 1. The molecule has 0 spiro atoms. The molecule has 1 amide bonds. The van der Waals surface area contributed by atoms with Crippen LogP contribution in [0.3, 0.4) is 0 Å². The number of halogens is 1. The molecule has 1 aromatic heterocycles. The van der Waals surface area contributed by atoms with Gasteiger partial charge in [0.1, 0.15) is 18.1 Å². The van der Waals surface area contributed by atoms with Crippen molar-refractivity contribution in [3.05, 3.63) is 76.1 Å². The number of rotatable bonds is 4. The maximum atomic E-state index is 12.9. The van der Waals surface area contributed by atoms with Crippen molar-refractivity contribution in [3.8, 4) is 5.88 Å². The molecule has 2 aromatic carbocycles. The molecule has 0 aliphatic carbocycles. The zero-order valence-corrected chi connectivity index (χ0v) is 14.5. The molecule has 7 nitrogen and oxygen atoms in total. The van der Waals surface area contributed by atoms with E-state index in [4.69, 9.17) is 0 Å². The van der Waals surface area contributed by atoms with Crippen molar-refractivity contribution in [2.75, 3.05) is 5.32 Å². The molecule has 0 saturated heterocycles. The number of nitrogens with zero attached hydrogens (tertiary/aromatic N) is 2. The predicted molar refractivity (Wildman–Crippen MR) is 104 cm³/mol. The van der Waals surface area contributed by atoms with Crippen molar-refractivity contribution >= 4 is 35.1 Å². The summed E-state index contributed by atoms with van der Waals surface area (Å²) in [4.78, 5) is 31.1. The minimum absolute atomic E-state index is 0.178. The second-order valence-electron chi connectivity index (χ2n) is 6.18. The van der Waals surface area contributed by atoms with Crippen LogP contribution in [0.5, 0.6) is 5.88 Å². The van der Waals surface area contributed by atoms with Crippen molar-refractivity contribution in [1.82, 2.24) is 9.55 Å². The van der Waals surface area contributed by atoms with Crippen LogP contribution in [0.25, 0.3) is 11.6 Å². The first-order valence-electron chi connectivity index (χ1n) is 8.43. The van der Waals surface area contributed by atoms with Gasteiger partial charge in [-0.2, -0.15) is 0 Å². The Morgan fingerprint density at radius 3 is 2.75 bits per heavy atom. The van der Waals surface area contributed by atoms with Gasteiger partial charge in [0.25, 0.3) is 0 Å². The molecular weight excluding hydrogens is 363 g/mol. The lowest BCUT2D eigenvalue weighted by atomic mass is 10.1. The number of fused-ring (bicyclic) bond motifs is 1. The first-order valence-corrected chi connectivity index (χ1v) is 8.43. The maximum Gasteiger partial charge on any atom is 0.329 e. The van der Waals surface area contributed by atoms with Gasteiger partial charge in [-0.05, 0) is 36.4 Å². The van der Waals surface area contributed by atoms with Crippen LogP contribution < -0.4 is 11.0 Å². The number of nitrogens with one attached hydrogen (secondary N) is 2. The van der Waals surface area contributed by atoms with Crippen LogP contribution in [0.4, 0.5) is 15.8 Å². The monoisotopic (exact) mass is 378 g/mol. The van der Waals surface area contributed by atoms with Gasteiger partial charge in [0, 0.05) is 23.0 Å². The fraction of sp³-hybridized carbons (Fsp3) is 0.0500. The van der Waals surface area contributed by atoms with E-state index in [2.05, 4.69) is 15.3 Å². The molecule has 0 saturated carbocycles. The van der Waals surface area contributed by atoms with Crippen molar-refractivity contribution in [3.63, 3.8) is 0 Å². The molecule has 0 radical (unpaired) electrons. The van der Waals surface area contributed by atoms with Gasteiger partial charge in [0.05, 0.1) is 5.69 Å². The molecule has 140 valence electrons. The molecule has 28 heavy (non-hydrogen) atoms. The Hall–Kier alpha value is -3.94. The molecule has 2 heterocycles. The third-order valence-electron chi connectivity index (χ3n) is 4.27. The summed E-state index contributed by atoms with van der Waals surface area (Å²) in [5.41, 5.74) is 2.35. The molecule has 0 atom stereocenters. The smallest absolute Gasteiger partial charge is 0.329 e. The Balaban J connectivity index is 1.56. The van der Waals surface area contributed by atoms with Crippen molar-refractivity contribution in [2.45, 2.75) is 6.54 Å². The van der Waals surface area contributed by atoms with Crippen LogP contribution >= 0.6 is 0 Å². The number of benzene rings is 2. The average molecular weight is 378 g/mol. The number of carbonyl (C=O) groups is 1. The van der Waals surface area contributed by atoms with Crippen molar-refractivity contribution < 1.29 is 14.3 Å². The zero-order valence-electron chi connectivity index (χ0n) is 14.5. The number of carbonyl (C=O) groups excluding carboxylic acids is 1. The van der Waals surface area contributed by atoms with Gasteiger partial charge in [0.15, 0.2) is 0 Å². The zero-order chi connectivity index (χ0) is 19.7. The lowest BCUT2D eigenvalue weighted by Crippen LogP contribution is -2.25. The normalized spacial score (nSPS) is 13.7. The topological polar surface area (TPSA) is 99.5 Å². The quantitative estimate of drug-likeness (QED) is 0.651. The van der Waals surface area contributed by atoms with E-state index < -0.39 is 24.0 Å². The largest absolute Gasteiger partial charge is 0.493 e. The maximum absolute atomic E-state index is 12.9. The van der Waals surface area contributed by atoms with Gasteiger partial charge < -0.3 is 15.4 Å². The van der Waals surface area contributed by atoms with Crippen LogP contribution in [-0.2, 0) is 11.3 Å². The fourth-order valence-electron chi connectivity index (χ4n) is 2.91. The van der Waals surface area contributed by atoms with Gasteiger partial charge in [-0.3, -0.25) is 14.4 Å². The molecule has 4 rings (SSSR count). The van der Waals surface area contributed by atoms with Gasteiger partial charge in [-0.15, -0.1) is 0 Å². The van der Waals surface area contributed by atoms with E-state index in [1.807, 2.05) is 24.3 Å². The Morgan fingerprint density at radius 2 is 1.96 bits per heavy atom. The number of aromatic amines is 1. The number of anilines is 1. The number of aromatic nitrogens is 2. The highest BCUT2D eigenvalue weighted by atomic mass is 19.1. The molecule has 3 aromatic rings. The molecule has 0 unspecified atom stereocenters. The molecule has 0 fully saturated rings. The van der Waals surface area contributed by atoms with Gasteiger partial charge in [-0.25, -0.2) is 9.18 Å². The number of aromatic hydroxyl groups is 1.